The minimum absolute atomic E-state index is 0.0714. The highest BCUT2D eigenvalue weighted by atomic mass is 79.9. The lowest BCUT2D eigenvalue weighted by Crippen LogP contribution is -2.20. The molecule has 0 radical (unpaired) electrons. The number of carbonyl (C=O) groups excluding carboxylic acids is 3. The molecule has 5 nitrogen and oxygen atoms in total. The molecule has 1 aliphatic rings. The van der Waals surface area contributed by atoms with Crippen molar-refractivity contribution < 1.29 is 19.1 Å². The van der Waals surface area contributed by atoms with E-state index in [4.69, 9.17) is 4.74 Å². The van der Waals surface area contributed by atoms with Crippen LogP contribution in [0.1, 0.15) is 31.8 Å². The predicted octanol–water partition coefficient (Wildman–Crippen LogP) is 3.38. The SMILES string of the molecule is O=C(Cc1cccc2c1C(=O)NC2=O)OCc1ccc(Br)cc1Br. The van der Waals surface area contributed by atoms with Crippen LogP contribution < -0.4 is 5.32 Å². The Labute approximate surface area is 154 Å². The minimum atomic E-state index is -0.478. The van der Waals surface area contributed by atoms with Gasteiger partial charge < -0.3 is 4.74 Å². The summed E-state index contributed by atoms with van der Waals surface area (Å²) >= 11 is 6.76. The first-order valence-corrected chi connectivity index (χ1v) is 8.61. The molecular formula is C17H11Br2NO4. The van der Waals surface area contributed by atoms with Crippen molar-refractivity contribution in [1.82, 2.24) is 5.32 Å². The molecule has 0 aromatic heterocycles. The Kier molecular flexibility index (Phi) is 4.82. The average molecular weight is 453 g/mol. The highest BCUT2D eigenvalue weighted by Gasteiger charge is 2.29. The molecule has 0 unspecified atom stereocenters. The summed E-state index contributed by atoms with van der Waals surface area (Å²) in [6.45, 7) is 0.118. The van der Waals surface area contributed by atoms with Gasteiger partial charge in [-0.3, -0.25) is 19.7 Å². The zero-order chi connectivity index (χ0) is 17.3. The molecule has 7 heteroatoms. The number of ether oxygens (including phenoxy) is 1. The van der Waals surface area contributed by atoms with Crippen LogP contribution in [0.15, 0.2) is 45.3 Å². The van der Waals surface area contributed by atoms with Crippen LogP contribution in [0.5, 0.6) is 0 Å². The fraction of sp³-hybridized carbons (Fsp3) is 0.118. The van der Waals surface area contributed by atoms with Gasteiger partial charge in [0.1, 0.15) is 6.61 Å². The number of benzene rings is 2. The van der Waals surface area contributed by atoms with E-state index < -0.39 is 17.8 Å². The van der Waals surface area contributed by atoms with Crippen LogP contribution in [0.25, 0.3) is 0 Å². The minimum Gasteiger partial charge on any atom is -0.461 e. The van der Waals surface area contributed by atoms with E-state index in [0.717, 1.165) is 14.5 Å². The van der Waals surface area contributed by atoms with E-state index in [1.165, 1.54) is 0 Å². The van der Waals surface area contributed by atoms with Gasteiger partial charge in [0.2, 0.25) is 0 Å². The predicted molar refractivity (Wildman–Crippen MR) is 93.6 cm³/mol. The van der Waals surface area contributed by atoms with Gasteiger partial charge in [-0.25, -0.2) is 0 Å². The molecule has 0 saturated heterocycles. The third-order valence-electron chi connectivity index (χ3n) is 3.59. The number of hydrogen-bond acceptors (Lipinski definition) is 4. The Morgan fingerprint density at radius 1 is 1.04 bits per heavy atom. The summed E-state index contributed by atoms with van der Waals surface area (Å²) in [4.78, 5) is 35.6. The molecule has 0 aliphatic carbocycles. The van der Waals surface area contributed by atoms with Gasteiger partial charge >= 0.3 is 5.97 Å². The summed E-state index contributed by atoms with van der Waals surface area (Å²) in [6, 6.07) is 10.4. The Hall–Kier alpha value is -1.99. The number of hydrogen-bond donors (Lipinski definition) is 1. The van der Waals surface area contributed by atoms with Crippen LogP contribution in [0.3, 0.4) is 0 Å². The van der Waals surface area contributed by atoms with Gasteiger partial charge in [0, 0.05) is 14.5 Å². The van der Waals surface area contributed by atoms with Gasteiger partial charge in [0.05, 0.1) is 17.5 Å². The number of imide groups is 1. The monoisotopic (exact) mass is 451 g/mol. The van der Waals surface area contributed by atoms with E-state index in [2.05, 4.69) is 37.2 Å². The van der Waals surface area contributed by atoms with Gasteiger partial charge in [0.25, 0.3) is 11.8 Å². The number of rotatable bonds is 4. The third kappa shape index (κ3) is 3.42. The molecule has 2 aromatic carbocycles. The van der Waals surface area contributed by atoms with Crippen molar-refractivity contribution >= 4 is 49.6 Å². The van der Waals surface area contributed by atoms with Gasteiger partial charge in [-0.1, -0.05) is 50.1 Å². The summed E-state index contributed by atoms with van der Waals surface area (Å²) in [5.41, 5.74) is 1.86. The Balaban J connectivity index is 1.70. The van der Waals surface area contributed by atoms with Gasteiger partial charge in [-0.2, -0.15) is 0 Å². The first kappa shape index (κ1) is 16.9. The smallest absolute Gasteiger partial charge is 0.310 e. The lowest BCUT2D eigenvalue weighted by molar-refractivity contribution is -0.144. The maximum absolute atomic E-state index is 12.1. The zero-order valence-corrected chi connectivity index (χ0v) is 15.4. The summed E-state index contributed by atoms with van der Waals surface area (Å²) < 4.78 is 7.02. The van der Waals surface area contributed by atoms with E-state index in [0.29, 0.717) is 11.1 Å². The Morgan fingerprint density at radius 2 is 1.83 bits per heavy atom. The first-order valence-electron chi connectivity index (χ1n) is 7.03. The van der Waals surface area contributed by atoms with Gasteiger partial charge in [0.15, 0.2) is 0 Å². The highest BCUT2D eigenvalue weighted by Crippen LogP contribution is 2.23. The molecule has 2 amide bonds. The summed E-state index contributed by atoms with van der Waals surface area (Å²) in [7, 11) is 0. The maximum atomic E-state index is 12.1. The van der Waals surface area contributed by atoms with Crippen molar-refractivity contribution in [3.8, 4) is 0 Å². The maximum Gasteiger partial charge on any atom is 0.310 e. The van der Waals surface area contributed by atoms with Crippen LogP contribution in [0.2, 0.25) is 0 Å². The van der Waals surface area contributed by atoms with E-state index >= 15 is 0 Å². The molecule has 1 heterocycles. The number of halogens is 2. The van der Waals surface area contributed by atoms with Crippen LogP contribution >= 0.6 is 31.9 Å². The molecule has 0 saturated carbocycles. The second kappa shape index (κ2) is 6.86. The van der Waals surface area contributed by atoms with Crippen molar-refractivity contribution in [3.05, 3.63) is 67.6 Å². The molecule has 0 atom stereocenters. The molecule has 24 heavy (non-hydrogen) atoms. The van der Waals surface area contributed by atoms with E-state index in [1.807, 2.05) is 18.2 Å². The molecule has 0 spiro atoms. The normalized spacial score (nSPS) is 12.8. The van der Waals surface area contributed by atoms with E-state index in [1.54, 1.807) is 18.2 Å². The lowest BCUT2D eigenvalue weighted by atomic mass is 10.0. The largest absolute Gasteiger partial charge is 0.461 e. The molecule has 1 aliphatic heterocycles. The molecule has 122 valence electrons. The van der Waals surface area contributed by atoms with Crippen molar-refractivity contribution in [2.24, 2.45) is 0 Å². The van der Waals surface area contributed by atoms with Crippen LogP contribution in [0, 0.1) is 0 Å². The van der Waals surface area contributed by atoms with Crippen molar-refractivity contribution in [2.75, 3.05) is 0 Å². The Morgan fingerprint density at radius 3 is 2.58 bits per heavy atom. The van der Waals surface area contributed by atoms with Gasteiger partial charge in [-0.15, -0.1) is 0 Å². The topological polar surface area (TPSA) is 72.5 Å². The fourth-order valence-corrected chi connectivity index (χ4v) is 3.60. The van der Waals surface area contributed by atoms with E-state index in [9.17, 15) is 14.4 Å². The molecular weight excluding hydrogens is 442 g/mol. The number of amides is 2. The summed E-state index contributed by atoms with van der Waals surface area (Å²) in [5, 5.41) is 2.23. The van der Waals surface area contributed by atoms with Crippen molar-refractivity contribution in [2.45, 2.75) is 13.0 Å². The van der Waals surface area contributed by atoms with Crippen LogP contribution in [-0.2, 0) is 22.6 Å². The lowest BCUT2D eigenvalue weighted by Gasteiger charge is -2.08. The number of carbonyl (C=O) groups is 3. The van der Waals surface area contributed by atoms with Crippen LogP contribution in [0.4, 0.5) is 0 Å². The molecule has 0 fully saturated rings. The summed E-state index contributed by atoms with van der Waals surface area (Å²) in [5.74, 6) is -1.39. The van der Waals surface area contributed by atoms with Crippen molar-refractivity contribution in [1.29, 1.82) is 0 Å². The first-order chi connectivity index (χ1) is 11.5. The molecule has 1 N–H and O–H groups in total. The zero-order valence-electron chi connectivity index (χ0n) is 12.3. The molecule has 3 rings (SSSR count). The van der Waals surface area contributed by atoms with Crippen LogP contribution in [-0.4, -0.2) is 17.8 Å². The van der Waals surface area contributed by atoms with Gasteiger partial charge in [-0.05, 0) is 23.8 Å². The molecule has 2 aromatic rings. The standard InChI is InChI=1S/C17H11Br2NO4/c18-11-5-4-10(13(19)7-11)8-24-14(21)6-9-2-1-3-12-15(9)17(23)20-16(12)22/h1-5,7H,6,8H2,(H,20,22,23). The average Bonchev–Trinajstić information content (AvgIpc) is 2.82. The van der Waals surface area contributed by atoms with Crippen molar-refractivity contribution in [3.63, 3.8) is 0 Å². The number of esters is 1. The third-order valence-corrected chi connectivity index (χ3v) is 4.82. The molecule has 0 bridgehead atoms. The quantitative estimate of drug-likeness (QED) is 0.570. The number of nitrogens with one attached hydrogen (secondary N) is 1. The second-order valence-corrected chi connectivity index (χ2v) is 6.97. The highest BCUT2D eigenvalue weighted by molar-refractivity contribution is 9.11. The van der Waals surface area contributed by atoms with E-state index in [-0.39, 0.29) is 18.6 Å². The Bertz CT molecular complexity index is 864. The fourth-order valence-electron chi connectivity index (χ4n) is 2.44. The number of fused-ring (bicyclic) bond motifs is 1. The second-order valence-electron chi connectivity index (χ2n) is 5.20. The summed E-state index contributed by atoms with van der Waals surface area (Å²) in [6.07, 6.45) is -0.0714.